The van der Waals surface area contributed by atoms with Gasteiger partial charge >= 0.3 is 0 Å². The predicted octanol–water partition coefficient (Wildman–Crippen LogP) is 1.58. The van der Waals surface area contributed by atoms with Gasteiger partial charge in [-0.2, -0.15) is 0 Å². The lowest BCUT2D eigenvalue weighted by Gasteiger charge is -2.42. The fraction of sp³-hybridized carbons (Fsp3) is 0.636. The Kier molecular flexibility index (Phi) is 2.77. The monoisotopic (exact) mass is 191 g/mol. The van der Waals surface area contributed by atoms with E-state index in [0.717, 1.165) is 6.54 Å². The first-order valence-corrected chi connectivity index (χ1v) is 5.32. The molecule has 3 atom stereocenters. The lowest BCUT2D eigenvalue weighted by Crippen LogP contribution is -2.47. The third kappa shape index (κ3) is 1.64. The van der Waals surface area contributed by atoms with Crippen LogP contribution in [0.15, 0.2) is 18.6 Å². The standard InChI is InChI=1S/C11H17N3/c1-3-13-11-6-9(8(11)2)10-4-5-12-7-14-10/h4-5,7-9,11,13H,3,6H2,1-2H3. The molecule has 0 amide bonds. The summed E-state index contributed by atoms with van der Waals surface area (Å²) in [6.45, 7) is 5.51. The molecule has 76 valence electrons. The van der Waals surface area contributed by atoms with Crippen LogP contribution in [0.4, 0.5) is 0 Å². The van der Waals surface area contributed by atoms with E-state index < -0.39 is 0 Å². The van der Waals surface area contributed by atoms with Crippen LogP contribution in [0.2, 0.25) is 0 Å². The molecule has 0 aromatic carbocycles. The van der Waals surface area contributed by atoms with E-state index in [0.29, 0.717) is 17.9 Å². The number of rotatable bonds is 3. The van der Waals surface area contributed by atoms with E-state index in [9.17, 15) is 0 Å². The lowest BCUT2D eigenvalue weighted by atomic mass is 9.68. The Morgan fingerprint density at radius 3 is 3.00 bits per heavy atom. The first-order chi connectivity index (χ1) is 6.83. The van der Waals surface area contributed by atoms with Gasteiger partial charge in [-0.3, -0.25) is 0 Å². The highest BCUT2D eigenvalue weighted by Gasteiger charge is 2.38. The van der Waals surface area contributed by atoms with Crippen molar-refractivity contribution >= 4 is 0 Å². The van der Waals surface area contributed by atoms with Crippen LogP contribution >= 0.6 is 0 Å². The Balaban J connectivity index is 1.98. The zero-order valence-corrected chi connectivity index (χ0v) is 8.77. The summed E-state index contributed by atoms with van der Waals surface area (Å²) in [4.78, 5) is 8.25. The van der Waals surface area contributed by atoms with E-state index in [1.165, 1.54) is 12.1 Å². The molecule has 1 N–H and O–H groups in total. The molecule has 0 aliphatic heterocycles. The molecule has 0 saturated heterocycles. The summed E-state index contributed by atoms with van der Waals surface area (Å²) >= 11 is 0. The molecule has 0 spiro atoms. The number of nitrogens with one attached hydrogen (secondary N) is 1. The Morgan fingerprint density at radius 1 is 1.57 bits per heavy atom. The largest absolute Gasteiger partial charge is 0.314 e. The van der Waals surface area contributed by atoms with Gasteiger partial charge in [0.1, 0.15) is 6.33 Å². The highest BCUT2D eigenvalue weighted by atomic mass is 14.9. The fourth-order valence-corrected chi connectivity index (χ4v) is 2.23. The van der Waals surface area contributed by atoms with Crippen molar-refractivity contribution in [1.82, 2.24) is 15.3 Å². The summed E-state index contributed by atoms with van der Waals surface area (Å²) in [5.41, 5.74) is 1.20. The SMILES string of the molecule is CCNC1CC(c2ccncn2)C1C. The highest BCUT2D eigenvalue weighted by Crippen LogP contribution is 2.41. The third-order valence-corrected chi connectivity index (χ3v) is 3.23. The third-order valence-electron chi connectivity index (χ3n) is 3.23. The van der Waals surface area contributed by atoms with Crippen LogP contribution in [0.1, 0.15) is 31.9 Å². The molecule has 1 heterocycles. The maximum absolute atomic E-state index is 4.31. The van der Waals surface area contributed by atoms with Gasteiger partial charge in [0.15, 0.2) is 0 Å². The van der Waals surface area contributed by atoms with E-state index in [4.69, 9.17) is 0 Å². The zero-order chi connectivity index (χ0) is 9.97. The van der Waals surface area contributed by atoms with Crippen molar-refractivity contribution in [2.75, 3.05) is 6.54 Å². The van der Waals surface area contributed by atoms with Crippen molar-refractivity contribution in [3.63, 3.8) is 0 Å². The molecule has 3 nitrogen and oxygen atoms in total. The average molecular weight is 191 g/mol. The number of hydrogen-bond acceptors (Lipinski definition) is 3. The molecular formula is C11H17N3. The molecule has 1 saturated carbocycles. The smallest absolute Gasteiger partial charge is 0.115 e. The maximum atomic E-state index is 4.31. The van der Waals surface area contributed by atoms with E-state index in [-0.39, 0.29) is 0 Å². The van der Waals surface area contributed by atoms with Gasteiger partial charge in [0.2, 0.25) is 0 Å². The van der Waals surface area contributed by atoms with Crippen molar-refractivity contribution in [3.8, 4) is 0 Å². The minimum Gasteiger partial charge on any atom is -0.314 e. The van der Waals surface area contributed by atoms with Crippen molar-refractivity contribution in [1.29, 1.82) is 0 Å². The first-order valence-electron chi connectivity index (χ1n) is 5.32. The Morgan fingerprint density at radius 2 is 2.43 bits per heavy atom. The zero-order valence-electron chi connectivity index (χ0n) is 8.77. The van der Waals surface area contributed by atoms with Gasteiger partial charge in [0.25, 0.3) is 0 Å². The minimum atomic E-state index is 0.627. The van der Waals surface area contributed by atoms with Crippen molar-refractivity contribution in [2.45, 2.75) is 32.2 Å². The second-order valence-corrected chi connectivity index (χ2v) is 4.00. The van der Waals surface area contributed by atoms with Crippen LogP contribution in [0.3, 0.4) is 0 Å². The molecule has 1 fully saturated rings. The van der Waals surface area contributed by atoms with Crippen LogP contribution in [-0.2, 0) is 0 Å². The van der Waals surface area contributed by atoms with Gasteiger partial charge in [-0.05, 0) is 24.9 Å². The van der Waals surface area contributed by atoms with Crippen molar-refractivity contribution < 1.29 is 0 Å². The summed E-state index contributed by atoms with van der Waals surface area (Å²) in [5, 5.41) is 3.49. The lowest BCUT2D eigenvalue weighted by molar-refractivity contribution is 0.183. The second kappa shape index (κ2) is 4.05. The van der Waals surface area contributed by atoms with Crippen molar-refractivity contribution in [2.24, 2.45) is 5.92 Å². The second-order valence-electron chi connectivity index (χ2n) is 4.00. The van der Waals surface area contributed by atoms with Gasteiger partial charge in [-0.15, -0.1) is 0 Å². The Hall–Kier alpha value is -0.960. The molecule has 1 aliphatic carbocycles. The van der Waals surface area contributed by atoms with E-state index in [1.807, 2.05) is 12.3 Å². The maximum Gasteiger partial charge on any atom is 0.115 e. The van der Waals surface area contributed by atoms with Gasteiger partial charge in [-0.1, -0.05) is 13.8 Å². The molecule has 1 aliphatic rings. The molecule has 1 aromatic rings. The molecule has 3 unspecified atom stereocenters. The molecular weight excluding hydrogens is 174 g/mol. The fourth-order valence-electron chi connectivity index (χ4n) is 2.23. The molecule has 2 rings (SSSR count). The minimum absolute atomic E-state index is 0.627. The highest BCUT2D eigenvalue weighted by molar-refractivity contribution is 5.14. The number of hydrogen-bond donors (Lipinski definition) is 1. The van der Waals surface area contributed by atoms with Gasteiger partial charge in [-0.25, -0.2) is 9.97 Å². The average Bonchev–Trinajstić information content (AvgIpc) is 2.24. The number of aromatic nitrogens is 2. The molecule has 14 heavy (non-hydrogen) atoms. The summed E-state index contributed by atoms with van der Waals surface area (Å²) in [6, 6.07) is 2.71. The normalized spacial score (nSPS) is 31.1. The summed E-state index contributed by atoms with van der Waals surface area (Å²) in [5.74, 6) is 1.33. The van der Waals surface area contributed by atoms with Crippen LogP contribution in [0.5, 0.6) is 0 Å². The van der Waals surface area contributed by atoms with Crippen LogP contribution in [0, 0.1) is 5.92 Å². The molecule has 1 aromatic heterocycles. The quantitative estimate of drug-likeness (QED) is 0.788. The predicted molar refractivity (Wildman–Crippen MR) is 56.0 cm³/mol. The van der Waals surface area contributed by atoms with Gasteiger partial charge in [0.05, 0.1) is 0 Å². The van der Waals surface area contributed by atoms with Crippen LogP contribution in [0.25, 0.3) is 0 Å². The van der Waals surface area contributed by atoms with E-state index in [2.05, 4.69) is 29.1 Å². The number of nitrogens with zero attached hydrogens (tertiary/aromatic N) is 2. The molecule has 0 bridgehead atoms. The first kappa shape index (κ1) is 9.59. The van der Waals surface area contributed by atoms with Crippen molar-refractivity contribution in [3.05, 3.63) is 24.3 Å². The summed E-state index contributed by atoms with van der Waals surface area (Å²) in [6.07, 6.45) is 4.68. The van der Waals surface area contributed by atoms with E-state index in [1.54, 1.807) is 6.33 Å². The topological polar surface area (TPSA) is 37.8 Å². The van der Waals surface area contributed by atoms with E-state index >= 15 is 0 Å². The summed E-state index contributed by atoms with van der Waals surface area (Å²) < 4.78 is 0. The van der Waals surface area contributed by atoms with Gasteiger partial charge in [0, 0.05) is 23.9 Å². The Labute approximate surface area is 85.0 Å². The van der Waals surface area contributed by atoms with Crippen LogP contribution < -0.4 is 5.32 Å². The van der Waals surface area contributed by atoms with Crippen LogP contribution in [-0.4, -0.2) is 22.6 Å². The molecule has 3 heteroatoms. The Bertz CT molecular complexity index is 286. The summed E-state index contributed by atoms with van der Waals surface area (Å²) in [7, 11) is 0. The molecule has 0 radical (unpaired) electrons. The van der Waals surface area contributed by atoms with Gasteiger partial charge < -0.3 is 5.32 Å².